The van der Waals surface area contributed by atoms with Gasteiger partial charge in [0.15, 0.2) is 5.78 Å². The Morgan fingerprint density at radius 1 is 1.21 bits per heavy atom. The van der Waals surface area contributed by atoms with Gasteiger partial charge in [-0.05, 0) is 50.0 Å². The number of methoxy groups -OCH3 is 1. The minimum atomic E-state index is -0.104. The number of rotatable bonds is 8. The molecule has 28 heavy (non-hydrogen) atoms. The van der Waals surface area contributed by atoms with Crippen molar-refractivity contribution >= 4 is 36.0 Å². The smallest absolute Gasteiger partial charge is 0.190 e. The Morgan fingerprint density at radius 3 is 2.64 bits per heavy atom. The molecule has 0 amide bonds. The Labute approximate surface area is 176 Å². The number of benzene rings is 2. The Balaban J connectivity index is 0.00000280. The van der Waals surface area contributed by atoms with Crippen LogP contribution < -0.4 is 14.2 Å². The van der Waals surface area contributed by atoms with Crippen molar-refractivity contribution in [3.8, 4) is 17.2 Å². The van der Waals surface area contributed by atoms with Crippen LogP contribution in [0.2, 0.25) is 0 Å². The van der Waals surface area contributed by atoms with E-state index in [1.54, 1.807) is 25.3 Å². The summed E-state index contributed by atoms with van der Waals surface area (Å²) < 4.78 is 16.6. The summed E-state index contributed by atoms with van der Waals surface area (Å²) in [7, 11) is 5.59. The fourth-order valence-corrected chi connectivity index (χ4v) is 3.55. The lowest BCUT2D eigenvalue weighted by atomic mass is 10.1. The highest BCUT2D eigenvalue weighted by Gasteiger charge is 2.24. The third kappa shape index (κ3) is 5.44. The zero-order chi connectivity index (χ0) is 19.2. The number of fused-ring (bicyclic) bond motifs is 1. The van der Waals surface area contributed by atoms with E-state index in [0.29, 0.717) is 23.9 Å². The van der Waals surface area contributed by atoms with Gasteiger partial charge >= 0.3 is 0 Å². The van der Waals surface area contributed by atoms with E-state index >= 15 is 0 Å². The van der Waals surface area contributed by atoms with Crippen LogP contribution in [0.15, 0.2) is 47.4 Å². The molecule has 2 aromatic rings. The zero-order valence-electron chi connectivity index (χ0n) is 16.1. The number of nitrogens with zero attached hydrogens (tertiary/aromatic N) is 1. The minimum Gasteiger partial charge on any atom is -0.496 e. The summed E-state index contributed by atoms with van der Waals surface area (Å²) in [5, 5.41) is 0. The van der Waals surface area contributed by atoms with Gasteiger partial charge in [-0.3, -0.25) is 4.79 Å². The van der Waals surface area contributed by atoms with Crippen LogP contribution in [0.1, 0.15) is 15.9 Å². The van der Waals surface area contributed by atoms with Crippen molar-refractivity contribution in [1.82, 2.24) is 4.90 Å². The van der Waals surface area contributed by atoms with Crippen LogP contribution in [0, 0.1) is 0 Å². The highest BCUT2D eigenvalue weighted by molar-refractivity contribution is 7.99. The second kappa shape index (κ2) is 10.4. The average Bonchev–Trinajstić information content (AvgIpc) is 3.14. The predicted octanol–water partition coefficient (Wildman–Crippen LogP) is 4.40. The molecule has 0 aliphatic carbocycles. The van der Waals surface area contributed by atoms with Crippen molar-refractivity contribution in [3.63, 3.8) is 0 Å². The molecular weight excluding hydrogens is 398 g/mol. The maximum absolute atomic E-state index is 12.8. The third-order valence-electron chi connectivity index (χ3n) is 4.08. The number of carbonyl (C=O) groups is 1. The Morgan fingerprint density at radius 2 is 1.96 bits per heavy atom. The van der Waals surface area contributed by atoms with Crippen molar-refractivity contribution in [2.75, 3.05) is 40.3 Å². The Hall–Kier alpha value is -2.15. The van der Waals surface area contributed by atoms with Gasteiger partial charge in [-0.2, -0.15) is 0 Å². The fourth-order valence-electron chi connectivity index (χ4n) is 2.63. The largest absolute Gasteiger partial charge is 0.496 e. The summed E-state index contributed by atoms with van der Waals surface area (Å²) in [6.45, 7) is 1.50. The van der Waals surface area contributed by atoms with Crippen molar-refractivity contribution in [3.05, 3.63) is 53.6 Å². The molecule has 7 heteroatoms. The SMILES string of the molecule is COc1ccc2c(c1C(=O)/C=C/c1ccc(OCCN(C)C)cc1)SCO2.Cl. The van der Waals surface area contributed by atoms with E-state index in [9.17, 15) is 4.79 Å². The van der Waals surface area contributed by atoms with Crippen LogP contribution in [0.25, 0.3) is 6.08 Å². The fraction of sp³-hybridized carbons (Fsp3) is 0.286. The Bertz CT molecular complexity index is 837. The topological polar surface area (TPSA) is 48.0 Å². The van der Waals surface area contributed by atoms with Gasteiger partial charge in [0, 0.05) is 6.54 Å². The summed E-state index contributed by atoms with van der Waals surface area (Å²) >= 11 is 1.51. The molecule has 1 aliphatic heterocycles. The molecule has 0 radical (unpaired) electrons. The molecule has 0 saturated heterocycles. The molecule has 0 spiro atoms. The summed E-state index contributed by atoms with van der Waals surface area (Å²) in [4.78, 5) is 15.7. The lowest BCUT2D eigenvalue weighted by molar-refractivity contribution is 0.104. The first-order valence-corrected chi connectivity index (χ1v) is 9.63. The monoisotopic (exact) mass is 421 g/mol. The predicted molar refractivity (Wildman–Crippen MR) is 115 cm³/mol. The van der Waals surface area contributed by atoms with Gasteiger partial charge in [0.1, 0.15) is 29.8 Å². The van der Waals surface area contributed by atoms with Crippen LogP contribution >= 0.6 is 24.2 Å². The molecule has 0 atom stereocenters. The number of ether oxygens (including phenoxy) is 3. The van der Waals surface area contributed by atoms with Crippen LogP contribution in [-0.4, -0.2) is 51.0 Å². The Kier molecular flexibility index (Phi) is 8.23. The van der Waals surface area contributed by atoms with Crippen molar-refractivity contribution < 1.29 is 19.0 Å². The molecule has 3 rings (SSSR count). The van der Waals surface area contributed by atoms with Gasteiger partial charge in [-0.1, -0.05) is 30.0 Å². The van der Waals surface area contributed by atoms with E-state index in [1.807, 2.05) is 44.4 Å². The van der Waals surface area contributed by atoms with Gasteiger partial charge < -0.3 is 19.1 Å². The molecule has 0 saturated carbocycles. The standard InChI is InChI=1S/C21H23NO4S.ClH/c1-22(2)12-13-25-16-7-4-15(5-8-16)6-9-17(23)20-18(24-3)10-11-19-21(20)27-14-26-19;/h4-11H,12-14H2,1-3H3;1H/b9-6+;. The third-order valence-corrected chi connectivity index (χ3v) is 5.01. The van der Waals surface area contributed by atoms with Crippen molar-refractivity contribution in [2.45, 2.75) is 4.90 Å². The number of thioether (sulfide) groups is 1. The van der Waals surface area contributed by atoms with Crippen LogP contribution in [0.3, 0.4) is 0 Å². The van der Waals surface area contributed by atoms with E-state index in [2.05, 4.69) is 4.90 Å². The van der Waals surface area contributed by atoms with E-state index in [-0.39, 0.29) is 18.2 Å². The van der Waals surface area contributed by atoms with Crippen molar-refractivity contribution in [2.24, 2.45) is 0 Å². The van der Waals surface area contributed by atoms with Crippen molar-refractivity contribution in [1.29, 1.82) is 0 Å². The molecule has 2 aromatic carbocycles. The van der Waals surface area contributed by atoms with Gasteiger partial charge in [0.05, 0.1) is 17.6 Å². The molecule has 1 heterocycles. The summed E-state index contributed by atoms with van der Waals surface area (Å²) in [5.41, 5.74) is 1.48. The molecule has 0 N–H and O–H groups in total. The molecule has 0 aromatic heterocycles. The van der Waals surface area contributed by atoms with E-state index in [1.165, 1.54) is 11.8 Å². The lowest BCUT2D eigenvalue weighted by Gasteiger charge is -2.11. The van der Waals surface area contributed by atoms with E-state index in [0.717, 1.165) is 28.5 Å². The van der Waals surface area contributed by atoms with Gasteiger partial charge in [-0.15, -0.1) is 12.4 Å². The first-order chi connectivity index (χ1) is 13.1. The van der Waals surface area contributed by atoms with Gasteiger partial charge in [-0.25, -0.2) is 0 Å². The summed E-state index contributed by atoms with van der Waals surface area (Å²) in [5.74, 6) is 2.52. The highest BCUT2D eigenvalue weighted by Crippen LogP contribution is 2.43. The summed E-state index contributed by atoms with van der Waals surface area (Å²) in [6.07, 6.45) is 3.37. The number of likely N-dealkylation sites (N-methyl/N-ethyl adjacent to an activating group) is 1. The van der Waals surface area contributed by atoms with E-state index < -0.39 is 0 Å². The quantitative estimate of drug-likeness (QED) is 0.465. The number of hydrogen-bond donors (Lipinski definition) is 0. The minimum absolute atomic E-state index is 0. The molecule has 0 unspecified atom stereocenters. The zero-order valence-corrected chi connectivity index (χ0v) is 17.8. The van der Waals surface area contributed by atoms with Gasteiger partial charge in [0.25, 0.3) is 0 Å². The molecule has 0 bridgehead atoms. The van der Waals surface area contributed by atoms with Crippen LogP contribution in [-0.2, 0) is 0 Å². The van der Waals surface area contributed by atoms with Gasteiger partial charge in [0.2, 0.25) is 0 Å². The van der Waals surface area contributed by atoms with Crippen LogP contribution in [0.4, 0.5) is 0 Å². The molecule has 150 valence electrons. The summed E-state index contributed by atoms with van der Waals surface area (Å²) in [6, 6.07) is 11.3. The normalized spacial score (nSPS) is 12.4. The molecular formula is C21H24ClNO4S. The molecule has 1 aliphatic rings. The molecule has 0 fully saturated rings. The second-order valence-electron chi connectivity index (χ2n) is 6.29. The maximum Gasteiger partial charge on any atom is 0.190 e. The highest BCUT2D eigenvalue weighted by atomic mass is 35.5. The van der Waals surface area contributed by atoms with E-state index in [4.69, 9.17) is 14.2 Å². The second-order valence-corrected chi connectivity index (χ2v) is 7.23. The first kappa shape index (κ1) is 22.1. The van der Waals surface area contributed by atoms with Crippen LogP contribution in [0.5, 0.6) is 17.2 Å². The average molecular weight is 422 g/mol. The maximum atomic E-state index is 12.8. The lowest BCUT2D eigenvalue weighted by Crippen LogP contribution is -2.19. The number of hydrogen-bond acceptors (Lipinski definition) is 6. The molecule has 5 nitrogen and oxygen atoms in total. The number of carbonyl (C=O) groups excluding carboxylic acids is 1. The number of halogens is 1. The number of ketones is 1. The first-order valence-electron chi connectivity index (χ1n) is 8.65. The number of allylic oxidation sites excluding steroid dienone is 1.